The molecule has 1 aliphatic rings. The van der Waals surface area contributed by atoms with Crippen molar-refractivity contribution >= 4 is 16.6 Å². The summed E-state index contributed by atoms with van der Waals surface area (Å²) in [4.78, 5) is 8.50. The van der Waals surface area contributed by atoms with Gasteiger partial charge in [0.25, 0.3) is 0 Å². The normalized spacial score (nSPS) is 13.9. The second-order valence-electron chi connectivity index (χ2n) is 9.11. The lowest BCUT2D eigenvalue weighted by atomic mass is 9.93. The van der Waals surface area contributed by atoms with Gasteiger partial charge in [0, 0.05) is 41.8 Å². The summed E-state index contributed by atoms with van der Waals surface area (Å²) in [5.74, 6) is 0. The first-order chi connectivity index (χ1) is 17.9. The molecule has 0 atom stereocenters. The van der Waals surface area contributed by atoms with Gasteiger partial charge >= 0.3 is 6.18 Å². The first-order valence-corrected chi connectivity index (χ1v) is 11.9. The van der Waals surface area contributed by atoms with Gasteiger partial charge in [-0.05, 0) is 61.7 Å². The number of nitrogens with one attached hydrogen (secondary N) is 1. The van der Waals surface area contributed by atoms with E-state index in [1.165, 1.54) is 6.33 Å². The molecule has 2 aromatic carbocycles. The molecule has 184 valence electrons. The Hall–Kier alpha value is -4.58. The molecule has 1 aliphatic carbocycles. The third-order valence-electron chi connectivity index (χ3n) is 6.78. The van der Waals surface area contributed by atoms with E-state index >= 15 is 0 Å². The number of nitriles is 1. The fourth-order valence-electron chi connectivity index (χ4n) is 4.72. The molecule has 0 amide bonds. The fraction of sp³-hybridized carbons (Fsp3) is 0.179. The van der Waals surface area contributed by atoms with Crippen LogP contribution in [0.1, 0.15) is 30.4 Å². The number of hydrogen-bond donors (Lipinski definition) is 1. The number of nitrogens with zero attached hydrogens (tertiary/aromatic N) is 5. The highest BCUT2D eigenvalue weighted by Gasteiger charge is 2.36. The van der Waals surface area contributed by atoms with Crippen molar-refractivity contribution in [3.63, 3.8) is 0 Å². The topological polar surface area (TPSA) is 71.5 Å². The maximum Gasteiger partial charge on any atom is 0.418 e. The molecule has 6 nitrogen and oxygen atoms in total. The van der Waals surface area contributed by atoms with E-state index in [0.29, 0.717) is 33.8 Å². The highest BCUT2D eigenvalue weighted by atomic mass is 19.4. The number of rotatable bonds is 5. The molecular formula is C28H21F3N6. The first kappa shape index (κ1) is 22.9. The predicted octanol–water partition coefficient (Wildman–Crippen LogP) is 6.73. The molecule has 6 rings (SSSR count). The number of aromatic nitrogens is 4. The van der Waals surface area contributed by atoms with Crippen molar-refractivity contribution in [3.05, 3.63) is 90.8 Å². The molecule has 3 aromatic heterocycles. The Morgan fingerprint density at radius 3 is 2.59 bits per heavy atom. The summed E-state index contributed by atoms with van der Waals surface area (Å²) in [6.45, 7) is 0. The molecule has 1 saturated carbocycles. The lowest BCUT2D eigenvalue weighted by Crippen LogP contribution is -2.27. The van der Waals surface area contributed by atoms with E-state index in [0.717, 1.165) is 31.0 Å². The predicted molar refractivity (Wildman–Crippen MR) is 135 cm³/mol. The van der Waals surface area contributed by atoms with Crippen molar-refractivity contribution in [2.75, 3.05) is 5.32 Å². The van der Waals surface area contributed by atoms with Gasteiger partial charge in [-0.25, -0.2) is 4.98 Å². The van der Waals surface area contributed by atoms with Crippen LogP contribution >= 0.6 is 0 Å². The van der Waals surface area contributed by atoms with Crippen molar-refractivity contribution in [3.8, 4) is 28.7 Å². The van der Waals surface area contributed by atoms with Gasteiger partial charge in [0.05, 0.1) is 51.8 Å². The monoisotopic (exact) mass is 498 g/mol. The average molecular weight is 499 g/mol. The number of imidazole rings is 1. The minimum atomic E-state index is -4.58. The van der Waals surface area contributed by atoms with Crippen LogP contribution in [0.25, 0.3) is 33.5 Å². The highest BCUT2D eigenvalue weighted by molar-refractivity contribution is 5.94. The molecule has 1 N–H and O–H groups in total. The summed E-state index contributed by atoms with van der Waals surface area (Å²) in [6.07, 6.45) is 6.16. The van der Waals surface area contributed by atoms with E-state index in [1.807, 2.05) is 6.07 Å². The first-order valence-electron chi connectivity index (χ1n) is 11.9. The molecule has 3 heterocycles. The number of anilines is 1. The smallest absolute Gasteiger partial charge is 0.381 e. The van der Waals surface area contributed by atoms with Crippen LogP contribution in [-0.4, -0.2) is 25.1 Å². The minimum Gasteiger partial charge on any atom is -0.381 e. The van der Waals surface area contributed by atoms with Crippen molar-refractivity contribution in [1.82, 2.24) is 19.1 Å². The van der Waals surface area contributed by atoms with Gasteiger partial charge in [0.1, 0.15) is 0 Å². The van der Waals surface area contributed by atoms with E-state index in [-0.39, 0.29) is 11.4 Å². The molecule has 0 bridgehead atoms. The Morgan fingerprint density at radius 1 is 1.03 bits per heavy atom. The lowest BCUT2D eigenvalue weighted by molar-refractivity contribution is -0.136. The Morgan fingerprint density at radius 2 is 1.89 bits per heavy atom. The lowest BCUT2D eigenvalue weighted by Gasteiger charge is -2.29. The Balaban J connectivity index is 1.55. The standard InChI is InChI=1S/C28H21F3N6/c29-28(30,31)21-15-37(24-10-9-18(13-32)12-22(24)35-20-5-1-6-20)26-8-2-7-25(27(21)26)36-16-23(34-17-36)19-4-3-11-33-14-19/h2-4,7-12,14-17,20,35H,1,5-6H2. The molecule has 0 unspecified atom stereocenters. The van der Waals surface area contributed by atoms with Crippen LogP contribution in [0.4, 0.5) is 18.9 Å². The average Bonchev–Trinajstić information content (AvgIpc) is 3.52. The van der Waals surface area contributed by atoms with Crippen LogP contribution in [-0.2, 0) is 6.18 Å². The van der Waals surface area contributed by atoms with Crippen molar-refractivity contribution in [2.45, 2.75) is 31.5 Å². The maximum atomic E-state index is 14.4. The summed E-state index contributed by atoms with van der Waals surface area (Å²) in [7, 11) is 0. The molecule has 9 heteroatoms. The van der Waals surface area contributed by atoms with Gasteiger partial charge in [0.15, 0.2) is 0 Å². The van der Waals surface area contributed by atoms with Crippen molar-refractivity contribution in [2.24, 2.45) is 0 Å². The Kier molecular flexibility index (Phi) is 5.45. The molecular weight excluding hydrogens is 477 g/mol. The number of alkyl halides is 3. The van der Waals surface area contributed by atoms with Gasteiger partial charge in [0.2, 0.25) is 0 Å². The second kappa shape index (κ2) is 8.82. The van der Waals surface area contributed by atoms with Crippen LogP contribution in [0.15, 0.2) is 79.6 Å². The molecule has 1 fully saturated rings. The van der Waals surface area contributed by atoms with Crippen LogP contribution < -0.4 is 5.32 Å². The number of benzene rings is 2. The number of halogens is 3. The summed E-state index contributed by atoms with van der Waals surface area (Å²) in [6, 6.07) is 16.1. The third kappa shape index (κ3) is 4.10. The molecule has 0 spiro atoms. The second-order valence-corrected chi connectivity index (χ2v) is 9.11. The maximum absolute atomic E-state index is 14.4. The van der Waals surface area contributed by atoms with Crippen LogP contribution in [0.2, 0.25) is 0 Å². The van der Waals surface area contributed by atoms with Gasteiger partial charge < -0.3 is 14.5 Å². The SMILES string of the molecule is N#Cc1ccc(-n2cc(C(F)(F)F)c3c(-n4cnc(-c5cccnc5)c4)cccc32)c(NC2CCC2)c1. The zero-order chi connectivity index (χ0) is 25.6. The summed E-state index contributed by atoms with van der Waals surface area (Å²) in [5, 5.41) is 12.9. The summed E-state index contributed by atoms with van der Waals surface area (Å²) >= 11 is 0. The van der Waals surface area contributed by atoms with E-state index in [2.05, 4.69) is 21.4 Å². The van der Waals surface area contributed by atoms with Crippen LogP contribution in [0, 0.1) is 11.3 Å². The number of fused-ring (bicyclic) bond motifs is 1. The highest BCUT2D eigenvalue weighted by Crippen LogP contribution is 2.41. The van der Waals surface area contributed by atoms with Crippen LogP contribution in [0.5, 0.6) is 0 Å². The quantitative estimate of drug-likeness (QED) is 0.292. The van der Waals surface area contributed by atoms with E-state index in [9.17, 15) is 18.4 Å². The summed E-state index contributed by atoms with van der Waals surface area (Å²) in [5.41, 5.74) is 3.06. The molecule has 0 aliphatic heterocycles. The van der Waals surface area contributed by atoms with Gasteiger partial charge in [-0.1, -0.05) is 6.07 Å². The number of pyridine rings is 1. The van der Waals surface area contributed by atoms with E-state index in [1.54, 1.807) is 70.2 Å². The van der Waals surface area contributed by atoms with E-state index in [4.69, 9.17) is 0 Å². The molecule has 0 radical (unpaired) electrons. The Bertz CT molecular complexity index is 1640. The van der Waals surface area contributed by atoms with Crippen molar-refractivity contribution < 1.29 is 13.2 Å². The van der Waals surface area contributed by atoms with Gasteiger partial charge in [-0.2, -0.15) is 18.4 Å². The third-order valence-corrected chi connectivity index (χ3v) is 6.78. The largest absolute Gasteiger partial charge is 0.418 e. The fourth-order valence-corrected chi connectivity index (χ4v) is 4.72. The van der Waals surface area contributed by atoms with Crippen molar-refractivity contribution in [1.29, 1.82) is 5.26 Å². The zero-order valence-corrected chi connectivity index (χ0v) is 19.6. The summed E-state index contributed by atoms with van der Waals surface area (Å²) < 4.78 is 46.4. The molecule has 0 saturated heterocycles. The van der Waals surface area contributed by atoms with Gasteiger partial charge in [-0.15, -0.1) is 0 Å². The van der Waals surface area contributed by atoms with E-state index < -0.39 is 11.7 Å². The van der Waals surface area contributed by atoms with Gasteiger partial charge in [-0.3, -0.25) is 4.98 Å². The zero-order valence-electron chi connectivity index (χ0n) is 19.6. The Labute approximate surface area is 210 Å². The van der Waals surface area contributed by atoms with Crippen LogP contribution in [0.3, 0.4) is 0 Å². The number of hydrogen-bond acceptors (Lipinski definition) is 4. The molecule has 5 aromatic rings. The minimum absolute atomic E-state index is 0.0732. The molecule has 37 heavy (non-hydrogen) atoms.